The van der Waals surface area contributed by atoms with Crippen LogP contribution < -0.4 is 10.6 Å². The first-order chi connectivity index (χ1) is 13.6. The van der Waals surface area contributed by atoms with Crippen LogP contribution in [0.25, 0.3) is 0 Å². The standard InChI is InChI=1S/C22H29N3O3S/c1-7-25(8-2)20(27)15-9-11-16(12-10-15)23-19(26)18-14(3)13-17(29-18)24-21(28)22(4,5)6/h9-13H,7-8H2,1-6H3,(H,23,26)(H,24,28). The van der Waals surface area contributed by atoms with Gasteiger partial charge in [-0.2, -0.15) is 0 Å². The molecule has 2 rings (SSSR count). The molecular formula is C22H29N3O3S. The van der Waals surface area contributed by atoms with E-state index in [1.165, 1.54) is 11.3 Å². The number of anilines is 2. The minimum atomic E-state index is -0.509. The molecule has 2 N–H and O–H groups in total. The normalized spacial score (nSPS) is 11.1. The summed E-state index contributed by atoms with van der Waals surface area (Å²) in [4.78, 5) is 39.5. The number of rotatable bonds is 6. The van der Waals surface area contributed by atoms with Gasteiger partial charge in [0.25, 0.3) is 11.8 Å². The largest absolute Gasteiger partial charge is 0.339 e. The molecule has 0 radical (unpaired) electrons. The van der Waals surface area contributed by atoms with Crippen LogP contribution in [0.5, 0.6) is 0 Å². The molecule has 0 atom stereocenters. The smallest absolute Gasteiger partial charge is 0.266 e. The van der Waals surface area contributed by atoms with Crippen LogP contribution in [0.2, 0.25) is 0 Å². The Balaban J connectivity index is 2.09. The maximum Gasteiger partial charge on any atom is 0.266 e. The van der Waals surface area contributed by atoms with Gasteiger partial charge in [-0.3, -0.25) is 14.4 Å². The number of aryl methyl sites for hydroxylation is 1. The zero-order chi connectivity index (χ0) is 21.8. The summed E-state index contributed by atoms with van der Waals surface area (Å²) < 4.78 is 0. The van der Waals surface area contributed by atoms with Gasteiger partial charge < -0.3 is 15.5 Å². The molecule has 29 heavy (non-hydrogen) atoms. The van der Waals surface area contributed by atoms with Gasteiger partial charge in [-0.1, -0.05) is 20.8 Å². The number of nitrogens with one attached hydrogen (secondary N) is 2. The first kappa shape index (κ1) is 22.6. The Kier molecular flexibility index (Phi) is 7.19. The lowest BCUT2D eigenvalue weighted by molar-refractivity contribution is -0.123. The van der Waals surface area contributed by atoms with Crippen LogP contribution in [0.15, 0.2) is 30.3 Å². The molecule has 0 aliphatic carbocycles. The van der Waals surface area contributed by atoms with E-state index in [1.54, 1.807) is 35.2 Å². The van der Waals surface area contributed by atoms with Crippen molar-refractivity contribution >= 4 is 39.7 Å². The van der Waals surface area contributed by atoms with E-state index in [0.29, 0.717) is 34.2 Å². The predicted molar refractivity (Wildman–Crippen MR) is 119 cm³/mol. The molecule has 156 valence electrons. The fraction of sp³-hybridized carbons (Fsp3) is 0.409. The maximum atomic E-state index is 12.7. The Labute approximate surface area is 176 Å². The van der Waals surface area contributed by atoms with E-state index in [0.717, 1.165) is 5.56 Å². The Hall–Kier alpha value is -2.67. The quantitative estimate of drug-likeness (QED) is 0.713. The van der Waals surface area contributed by atoms with Crippen LogP contribution in [-0.2, 0) is 4.79 Å². The van der Waals surface area contributed by atoms with E-state index in [2.05, 4.69) is 10.6 Å². The minimum Gasteiger partial charge on any atom is -0.339 e. The highest BCUT2D eigenvalue weighted by Gasteiger charge is 2.23. The van der Waals surface area contributed by atoms with Crippen LogP contribution in [0.3, 0.4) is 0 Å². The molecule has 0 aliphatic heterocycles. The summed E-state index contributed by atoms with van der Waals surface area (Å²) in [6.45, 7) is 12.5. The molecule has 1 aromatic heterocycles. The second-order valence-corrected chi connectivity index (χ2v) is 8.89. The number of nitrogens with zero attached hydrogens (tertiary/aromatic N) is 1. The molecule has 0 unspecified atom stereocenters. The zero-order valence-corrected chi connectivity index (χ0v) is 18.7. The molecule has 0 saturated carbocycles. The summed E-state index contributed by atoms with van der Waals surface area (Å²) in [5.74, 6) is -0.369. The fourth-order valence-electron chi connectivity index (χ4n) is 2.65. The van der Waals surface area contributed by atoms with Crippen molar-refractivity contribution in [3.05, 3.63) is 46.3 Å². The summed E-state index contributed by atoms with van der Waals surface area (Å²) in [5.41, 5.74) is 1.49. The van der Waals surface area contributed by atoms with Gasteiger partial charge in [0, 0.05) is 29.8 Å². The topological polar surface area (TPSA) is 78.5 Å². The molecule has 0 saturated heterocycles. The summed E-state index contributed by atoms with van der Waals surface area (Å²) in [5, 5.41) is 6.36. The van der Waals surface area contributed by atoms with E-state index in [4.69, 9.17) is 0 Å². The van der Waals surface area contributed by atoms with Gasteiger partial charge >= 0.3 is 0 Å². The lowest BCUT2D eigenvalue weighted by Crippen LogP contribution is -2.30. The molecule has 0 fully saturated rings. The van der Waals surface area contributed by atoms with Crippen molar-refractivity contribution in [2.24, 2.45) is 5.41 Å². The predicted octanol–water partition coefficient (Wildman–Crippen LogP) is 4.78. The number of hydrogen-bond donors (Lipinski definition) is 2. The van der Waals surface area contributed by atoms with Crippen molar-refractivity contribution in [3.63, 3.8) is 0 Å². The van der Waals surface area contributed by atoms with Gasteiger partial charge in [0.2, 0.25) is 5.91 Å². The summed E-state index contributed by atoms with van der Waals surface area (Å²) in [6, 6.07) is 8.67. The van der Waals surface area contributed by atoms with E-state index < -0.39 is 5.41 Å². The van der Waals surface area contributed by atoms with Crippen LogP contribution in [0, 0.1) is 12.3 Å². The van der Waals surface area contributed by atoms with Gasteiger partial charge in [-0.25, -0.2) is 0 Å². The number of carbonyl (C=O) groups excluding carboxylic acids is 3. The highest BCUT2D eigenvalue weighted by molar-refractivity contribution is 7.18. The highest BCUT2D eigenvalue weighted by atomic mass is 32.1. The Morgan fingerprint density at radius 1 is 1.00 bits per heavy atom. The van der Waals surface area contributed by atoms with E-state index >= 15 is 0 Å². The van der Waals surface area contributed by atoms with Crippen molar-refractivity contribution in [1.29, 1.82) is 0 Å². The summed E-state index contributed by atoms with van der Waals surface area (Å²) >= 11 is 1.24. The monoisotopic (exact) mass is 415 g/mol. The number of thiophene rings is 1. The molecule has 3 amide bonds. The minimum absolute atomic E-state index is 0.0267. The average molecular weight is 416 g/mol. The third-order valence-electron chi connectivity index (χ3n) is 4.48. The zero-order valence-electron chi connectivity index (χ0n) is 17.9. The van der Waals surface area contributed by atoms with Gasteiger partial charge in [0.15, 0.2) is 0 Å². The lowest BCUT2D eigenvalue weighted by atomic mass is 9.96. The SMILES string of the molecule is CCN(CC)C(=O)c1ccc(NC(=O)c2sc(NC(=O)C(C)(C)C)cc2C)cc1. The highest BCUT2D eigenvalue weighted by Crippen LogP contribution is 2.29. The Bertz CT molecular complexity index is 891. The Morgan fingerprint density at radius 3 is 2.10 bits per heavy atom. The lowest BCUT2D eigenvalue weighted by Gasteiger charge is -2.18. The van der Waals surface area contributed by atoms with E-state index in [-0.39, 0.29) is 17.7 Å². The van der Waals surface area contributed by atoms with Crippen LogP contribution in [0.4, 0.5) is 10.7 Å². The molecule has 0 bridgehead atoms. The molecule has 6 nitrogen and oxygen atoms in total. The molecular weight excluding hydrogens is 386 g/mol. The number of benzene rings is 1. The third-order valence-corrected chi connectivity index (χ3v) is 5.63. The van der Waals surface area contributed by atoms with Crippen molar-refractivity contribution in [2.75, 3.05) is 23.7 Å². The molecule has 0 spiro atoms. The van der Waals surface area contributed by atoms with Crippen molar-refractivity contribution in [3.8, 4) is 0 Å². The Morgan fingerprint density at radius 2 is 1.59 bits per heavy atom. The first-order valence-corrected chi connectivity index (χ1v) is 10.5. The number of amides is 3. The van der Waals surface area contributed by atoms with Crippen LogP contribution in [0.1, 0.15) is 60.2 Å². The van der Waals surface area contributed by atoms with Gasteiger partial charge in [0.05, 0.1) is 9.88 Å². The second-order valence-electron chi connectivity index (χ2n) is 7.84. The fourth-order valence-corrected chi connectivity index (χ4v) is 3.61. The number of carbonyl (C=O) groups is 3. The molecule has 7 heteroatoms. The molecule has 0 aliphatic rings. The van der Waals surface area contributed by atoms with Crippen molar-refractivity contribution < 1.29 is 14.4 Å². The second kappa shape index (κ2) is 9.22. The van der Waals surface area contributed by atoms with E-state index in [1.807, 2.05) is 41.5 Å². The summed E-state index contributed by atoms with van der Waals surface area (Å²) in [7, 11) is 0. The first-order valence-electron chi connectivity index (χ1n) is 9.69. The summed E-state index contributed by atoms with van der Waals surface area (Å²) in [6.07, 6.45) is 0. The van der Waals surface area contributed by atoms with Gasteiger partial charge in [-0.05, 0) is 56.7 Å². The van der Waals surface area contributed by atoms with Crippen molar-refractivity contribution in [1.82, 2.24) is 4.90 Å². The van der Waals surface area contributed by atoms with Gasteiger partial charge in [-0.15, -0.1) is 11.3 Å². The molecule has 1 heterocycles. The molecule has 1 aromatic carbocycles. The van der Waals surface area contributed by atoms with Gasteiger partial charge in [0.1, 0.15) is 0 Å². The maximum absolute atomic E-state index is 12.7. The van der Waals surface area contributed by atoms with Crippen LogP contribution in [-0.4, -0.2) is 35.7 Å². The van der Waals surface area contributed by atoms with E-state index in [9.17, 15) is 14.4 Å². The third kappa shape index (κ3) is 5.67. The van der Waals surface area contributed by atoms with Crippen molar-refractivity contribution in [2.45, 2.75) is 41.5 Å². The molecule has 2 aromatic rings. The average Bonchev–Trinajstić information content (AvgIpc) is 3.02. The van der Waals surface area contributed by atoms with Crippen LogP contribution >= 0.6 is 11.3 Å². The number of hydrogen-bond acceptors (Lipinski definition) is 4.